The molecule has 124 valence electrons. The largest absolute Gasteiger partial charge is 0.491 e. The lowest BCUT2D eigenvalue weighted by Crippen LogP contribution is -2.46. The second-order valence-electron chi connectivity index (χ2n) is 5.22. The zero-order valence-corrected chi connectivity index (χ0v) is 14.0. The van der Waals surface area contributed by atoms with Crippen molar-refractivity contribution in [1.29, 1.82) is 0 Å². The van der Waals surface area contributed by atoms with Gasteiger partial charge in [0.05, 0.1) is 11.5 Å². The standard InChI is InChI=1S/C15H24N2O4S/c1-3-20-12-13-21-14-4-6-15(7-5-14)22(18,19)17-10-8-16(2)9-11-17/h4-7H,3,8-13H2,1-2H3. The van der Waals surface area contributed by atoms with E-state index in [-0.39, 0.29) is 0 Å². The zero-order valence-electron chi connectivity index (χ0n) is 13.2. The van der Waals surface area contributed by atoms with E-state index >= 15 is 0 Å². The van der Waals surface area contributed by atoms with Gasteiger partial charge in [-0.2, -0.15) is 4.31 Å². The smallest absolute Gasteiger partial charge is 0.243 e. The van der Waals surface area contributed by atoms with Gasteiger partial charge in [0.1, 0.15) is 12.4 Å². The highest BCUT2D eigenvalue weighted by molar-refractivity contribution is 7.89. The highest BCUT2D eigenvalue weighted by atomic mass is 32.2. The minimum Gasteiger partial charge on any atom is -0.491 e. The Balaban J connectivity index is 1.96. The van der Waals surface area contributed by atoms with Crippen LogP contribution < -0.4 is 4.74 Å². The SMILES string of the molecule is CCOCCOc1ccc(S(=O)(=O)N2CCN(C)CC2)cc1. The fourth-order valence-electron chi connectivity index (χ4n) is 2.25. The van der Waals surface area contributed by atoms with Crippen LogP contribution in [0, 0.1) is 0 Å². The summed E-state index contributed by atoms with van der Waals surface area (Å²) < 4.78 is 37.3. The number of benzene rings is 1. The first kappa shape index (κ1) is 17.2. The van der Waals surface area contributed by atoms with E-state index in [1.165, 1.54) is 4.31 Å². The van der Waals surface area contributed by atoms with Gasteiger partial charge in [0.15, 0.2) is 0 Å². The van der Waals surface area contributed by atoms with Crippen molar-refractivity contribution in [3.63, 3.8) is 0 Å². The van der Waals surface area contributed by atoms with E-state index in [1.807, 2.05) is 14.0 Å². The maximum atomic E-state index is 12.6. The molecule has 1 aromatic rings. The maximum absolute atomic E-state index is 12.6. The van der Waals surface area contributed by atoms with Crippen LogP contribution in [0.2, 0.25) is 0 Å². The molecule has 0 saturated carbocycles. The molecule has 0 amide bonds. The molecule has 1 saturated heterocycles. The van der Waals surface area contributed by atoms with Crippen molar-refractivity contribution >= 4 is 10.0 Å². The monoisotopic (exact) mass is 328 g/mol. The molecule has 1 aromatic carbocycles. The van der Waals surface area contributed by atoms with Gasteiger partial charge in [-0.1, -0.05) is 0 Å². The number of hydrogen-bond acceptors (Lipinski definition) is 5. The average Bonchev–Trinajstić information content (AvgIpc) is 2.52. The summed E-state index contributed by atoms with van der Waals surface area (Å²) in [7, 11) is -1.41. The summed E-state index contributed by atoms with van der Waals surface area (Å²) in [4.78, 5) is 2.44. The minimum absolute atomic E-state index is 0.314. The van der Waals surface area contributed by atoms with Crippen LogP contribution in [-0.4, -0.2) is 70.7 Å². The molecule has 0 unspecified atom stereocenters. The first-order chi connectivity index (χ1) is 10.5. The fraction of sp³-hybridized carbons (Fsp3) is 0.600. The third kappa shape index (κ3) is 4.42. The van der Waals surface area contributed by atoms with Gasteiger partial charge >= 0.3 is 0 Å². The van der Waals surface area contributed by atoms with Crippen LogP contribution >= 0.6 is 0 Å². The number of hydrogen-bond donors (Lipinski definition) is 0. The van der Waals surface area contributed by atoms with Crippen molar-refractivity contribution in [1.82, 2.24) is 9.21 Å². The van der Waals surface area contributed by atoms with Gasteiger partial charge in [0.25, 0.3) is 0 Å². The van der Waals surface area contributed by atoms with Crippen LogP contribution in [0.25, 0.3) is 0 Å². The first-order valence-electron chi connectivity index (χ1n) is 7.53. The molecule has 1 heterocycles. The molecule has 1 aliphatic heterocycles. The van der Waals surface area contributed by atoms with Gasteiger partial charge in [0.2, 0.25) is 10.0 Å². The van der Waals surface area contributed by atoms with E-state index < -0.39 is 10.0 Å². The number of piperazine rings is 1. The molecule has 0 bridgehead atoms. The molecular weight excluding hydrogens is 304 g/mol. The van der Waals surface area contributed by atoms with Gasteiger partial charge in [-0.3, -0.25) is 0 Å². The van der Waals surface area contributed by atoms with Gasteiger partial charge in [-0.15, -0.1) is 0 Å². The summed E-state index contributed by atoms with van der Waals surface area (Å²) in [6.07, 6.45) is 0. The number of rotatable bonds is 7. The molecule has 0 radical (unpaired) electrons. The Kier molecular flexibility index (Phi) is 6.19. The molecule has 6 nitrogen and oxygen atoms in total. The van der Waals surface area contributed by atoms with Gasteiger partial charge in [0, 0.05) is 32.8 Å². The molecule has 0 aliphatic carbocycles. The van der Waals surface area contributed by atoms with E-state index in [9.17, 15) is 8.42 Å². The molecule has 0 atom stereocenters. The zero-order chi connectivity index (χ0) is 16.0. The predicted octanol–water partition coefficient (Wildman–Crippen LogP) is 1.04. The third-order valence-corrected chi connectivity index (χ3v) is 5.54. The van der Waals surface area contributed by atoms with E-state index in [0.717, 1.165) is 13.1 Å². The van der Waals surface area contributed by atoms with Crippen molar-refractivity contribution in [3.8, 4) is 5.75 Å². The molecule has 1 aliphatic rings. The molecular formula is C15H24N2O4S. The Hall–Kier alpha value is -1.15. The third-order valence-electron chi connectivity index (χ3n) is 3.62. The summed E-state index contributed by atoms with van der Waals surface area (Å²) in [5.41, 5.74) is 0. The molecule has 1 fully saturated rings. The lowest BCUT2D eigenvalue weighted by molar-refractivity contribution is 0.110. The second-order valence-corrected chi connectivity index (χ2v) is 7.16. The normalized spacial score (nSPS) is 17.5. The summed E-state index contributed by atoms with van der Waals surface area (Å²) >= 11 is 0. The Labute approximate surface area is 132 Å². The van der Waals surface area contributed by atoms with E-state index in [4.69, 9.17) is 9.47 Å². The van der Waals surface area contributed by atoms with Crippen molar-refractivity contribution in [2.45, 2.75) is 11.8 Å². The Morgan fingerprint density at radius 2 is 1.68 bits per heavy atom. The molecule has 22 heavy (non-hydrogen) atoms. The number of sulfonamides is 1. The molecule has 2 rings (SSSR count). The lowest BCUT2D eigenvalue weighted by Gasteiger charge is -2.31. The Morgan fingerprint density at radius 1 is 1.05 bits per heavy atom. The van der Waals surface area contributed by atoms with E-state index in [2.05, 4.69) is 4.90 Å². The number of likely N-dealkylation sites (N-methyl/N-ethyl adjacent to an activating group) is 1. The summed E-state index contributed by atoms with van der Waals surface area (Å²) in [6.45, 7) is 6.16. The molecule has 0 aromatic heterocycles. The van der Waals surface area contributed by atoms with Gasteiger partial charge < -0.3 is 14.4 Å². The summed E-state index contributed by atoms with van der Waals surface area (Å²) in [6, 6.07) is 6.58. The summed E-state index contributed by atoms with van der Waals surface area (Å²) in [5.74, 6) is 0.650. The summed E-state index contributed by atoms with van der Waals surface area (Å²) in [5, 5.41) is 0. The van der Waals surface area contributed by atoms with Crippen molar-refractivity contribution < 1.29 is 17.9 Å². The molecule has 7 heteroatoms. The maximum Gasteiger partial charge on any atom is 0.243 e. The fourth-order valence-corrected chi connectivity index (χ4v) is 3.67. The highest BCUT2D eigenvalue weighted by Crippen LogP contribution is 2.20. The van der Waals surface area contributed by atoms with Gasteiger partial charge in [-0.25, -0.2) is 8.42 Å². The van der Waals surface area contributed by atoms with Crippen LogP contribution in [0.4, 0.5) is 0 Å². The first-order valence-corrected chi connectivity index (χ1v) is 8.97. The van der Waals surface area contributed by atoms with Crippen molar-refractivity contribution in [2.75, 3.05) is 53.0 Å². The average molecular weight is 328 g/mol. The molecule has 0 spiro atoms. The highest BCUT2D eigenvalue weighted by Gasteiger charge is 2.27. The van der Waals surface area contributed by atoms with Crippen molar-refractivity contribution in [3.05, 3.63) is 24.3 Å². The van der Waals surface area contributed by atoms with E-state index in [1.54, 1.807) is 24.3 Å². The predicted molar refractivity (Wildman–Crippen MR) is 84.7 cm³/mol. The Bertz CT molecular complexity index is 551. The second kappa shape index (κ2) is 7.92. The lowest BCUT2D eigenvalue weighted by atomic mass is 10.3. The van der Waals surface area contributed by atoms with Crippen LogP contribution in [0.5, 0.6) is 5.75 Å². The number of ether oxygens (including phenoxy) is 2. The van der Waals surface area contributed by atoms with Gasteiger partial charge in [-0.05, 0) is 38.2 Å². The quantitative estimate of drug-likeness (QED) is 0.700. The van der Waals surface area contributed by atoms with Crippen LogP contribution in [-0.2, 0) is 14.8 Å². The van der Waals surface area contributed by atoms with Crippen LogP contribution in [0.3, 0.4) is 0 Å². The van der Waals surface area contributed by atoms with Crippen LogP contribution in [0.1, 0.15) is 6.92 Å². The topological polar surface area (TPSA) is 59.1 Å². The van der Waals surface area contributed by atoms with Crippen molar-refractivity contribution in [2.24, 2.45) is 0 Å². The minimum atomic E-state index is -3.40. The Morgan fingerprint density at radius 3 is 2.27 bits per heavy atom. The van der Waals surface area contributed by atoms with Crippen LogP contribution in [0.15, 0.2) is 29.2 Å². The number of nitrogens with zero attached hydrogens (tertiary/aromatic N) is 2. The molecule has 0 N–H and O–H groups in total. The van der Waals surface area contributed by atoms with E-state index in [0.29, 0.717) is 43.6 Å².